The van der Waals surface area contributed by atoms with E-state index < -0.39 is 0 Å². The molecule has 3 heteroatoms. The second-order valence-electron chi connectivity index (χ2n) is 4.33. The molecule has 2 N–H and O–H groups in total. The molecule has 1 aromatic rings. The molecule has 94 valence electrons. The van der Waals surface area contributed by atoms with Crippen molar-refractivity contribution in [2.24, 2.45) is 5.73 Å². The first-order chi connectivity index (χ1) is 8.02. The Morgan fingerprint density at radius 1 is 1.53 bits per heavy atom. The maximum Gasteiger partial charge on any atom is 0.123 e. The molecule has 0 heterocycles. The molecule has 1 atom stereocenters. The van der Waals surface area contributed by atoms with Crippen LogP contribution in [0, 0.1) is 0 Å². The Labute approximate surface area is 112 Å². The van der Waals surface area contributed by atoms with Crippen molar-refractivity contribution >= 4 is 15.9 Å². The normalized spacial score (nSPS) is 12.2. The average molecular weight is 298 g/mol. The fourth-order valence-corrected chi connectivity index (χ4v) is 1.89. The predicted octanol–water partition coefficient (Wildman–Crippen LogP) is 3.68. The molecule has 0 aliphatic rings. The van der Waals surface area contributed by atoms with Crippen molar-refractivity contribution in [3.05, 3.63) is 40.4 Å². The smallest absolute Gasteiger partial charge is 0.123 e. The summed E-state index contributed by atoms with van der Waals surface area (Å²) in [5.74, 6) is 0.903. The van der Waals surface area contributed by atoms with Crippen LogP contribution in [0.5, 0.6) is 5.75 Å². The number of halogens is 1. The Bertz CT molecular complexity index is 388. The van der Waals surface area contributed by atoms with Gasteiger partial charge in [-0.3, -0.25) is 0 Å². The highest BCUT2D eigenvalue weighted by molar-refractivity contribution is 9.10. The van der Waals surface area contributed by atoms with Crippen molar-refractivity contribution in [3.8, 4) is 5.75 Å². The van der Waals surface area contributed by atoms with Crippen LogP contribution in [0.1, 0.15) is 25.8 Å². The van der Waals surface area contributed by atoms with Crippen LogP contribution >= 0.6 is 15.9 Å². The van der Waals surface area contributed by atoms with Gasteiger partial charge >= 0.3 is 0 Å². The molecule has 0 spiro atoms. The molecule has 0 saturated heterocycles. The van der Waals surface area contributed by atoms with Gasteiger partial charge in [0.05, 0.1) is 0 Å². The van der Waals surface area contributed by atoms with Gasteiger partial charge in [-0.25, -0.2) is 0 Å². The molecule has 1 rings (SSSR count). The van der Waals surface area contributed by atoms with Crippen LogP contribution in [0.3, 0.4) is 0 Å². The topological polar surface area (TPSA) is 35.2 Å². The van der Waals surface area contributed by atoms with E-state index in [4.69, 9.17) is 10.5 Å². The van der Waals surface area contributed by atoms with Gasteiger partial charge in [0.25, 0.3) is 0 Å². The van der Waals surface area contributed by atoms with Crippen LogP contribution < -0.4 is 10.5 Å². The first kappa shape index (κ1) is 14.3. The van der Waals surface area contributed by atoms with Gasteiger partial charge < -0.3 is 10.5 Å². The molecule has 1 aromatic carbocycles. The molecule has 0 saturated carbocycles. The average Bonchev–Trinajstić information content (AvgIpc) is 2.26. The zero-order valence-electron chi connectivity index (χ0n) is 10.5. The minimum absolute atomic E-state index is 0.126. The van der Waals surface area contributed by atoms with Crippen LogP contribution in [-0.2, 0) is 6.42 Å². The quantitative estimate of drug-likeness (QED) is 0.813. The molecule has 0 amide bonds. The summed E-state index contributed by atoms with van der Waals surface area (Å²) in [7, 11) is 0. The summed E-state index contributed by atoms with van der Waals surface area (Å²) in [6, 6.07) is 6.15. The number of ether oxygens (including phenoxy) is 1. The van der Waals surface area contributed by atoms with Crippen molar-refractivity contribution in [2.45, 2.75) is 32.7 Å². The monoisotopic (exact) mass is 297 g/mol. The minimum Gasteiger partial charge on any atom is -0.489 e. The Balaban J connectivity index is 2.78. The van der Waals surface area contributed by atoms with Crippen LogP contribution in [-0.4, -0.2) is 12.6 Å². The van der Waals surface area contributed by atoms with Gasteiger partial charge in [-0.15, -0.1) is 0 Å². The molecule has 0 radical (unpaired) electrons. The molecular formula is C14H20BrNO. The van der Waals surface area contributed by atoms with Gasteiger partial charge in [-0.2, -0.15) is 0 Å². The lowest BCUT2D eigenvalue weighted by atomic mass is 10.1. The molecule has 2 nitrogen and oxygen atoms in total. The summed E-state index contributed by atoms with van der Waals surface area (Å²) in [6.07, 6.45) is 1.76. The third-order valence-electron chi connectivity index (χ3n) is 2.50. The van der Waals surface area contributed by atoms with E-state index in [2.05, 4.69) is 35.5 Å². The van der Waals surface area contributed by atoms with E-state index in [9.17, 15) is 0 Å². The summed E-state index contributed by atoms with van der Waals surface area (Å²) in [5.41, 5.74) is 8.07. The van der Waals surface area contributed by atoms with Gasteiger partial charge in [-0.05, 0) is 49.1 Å². The van der Waals surface area contributed by atoms with Crippen molar-refractivity contribution < 1.29 is 4.74 Å². The Morgan fingerprint density at radius 3 is 2.82 bits per heavy atom. The fraction of sp³-hybridized carbons (Fsp3) is 0.429. The highest BCUT2D eigenvalue weighted by atomic mass is 79.9. The molecule has 0 fully saturated rings. The molecular weight excluding hydrogens is 278 g/mol. The number of hydrogen-bond acceptors (Lipinski definition) is 2. The lowest BCUT2D eigenvalue weighted by molar-refractivity contribution is 0.344. The minimum atomic E-state index is 0.126. The fourth-order valence-electron chi connectivity index (χ4n) is 1.48. The standard InChI is InChI=1S/C14H20BrNO/c1-4-10(2)9-17-14-6-5-13(15)8-12(14)7-11(3)16/h5-6,8,11H,2,4,7,9,16H2,1,3H3. The predicted molar refractivity (Wildman–Crippen MR) is 76.4 cm³/mol. The van der Waals surface area contributed by atoms with E-state index in [1.54, 1.807) is 0 Å². The Hall–Kier alpha value is -0.800. The zero-order chi connectivity index (χ0) is 12.8. The molecule has 1 unspecified atom stereocenters. The first-order valence-electron chi connectivity index (χ1n) is 5.86. The lowest BCUT2D eigenvalue weighted by Gasteiger charge is -2.14. The summed E-state index contributed by atoms with van der Waals surface area (Å²) in [5, 5.41) is 0. The van der Waals surface area contributed by atoms with Crippen LogP contribution in [0.15, 0.2) is 34.8 Å². The maximum atomic E-state index is 5.84. The number of rotatable bonds is 6. The highest BCUT2D eigenvalue weighted by Crippen LogP contribution is 2.24. The third kappa shape index (κ3) is 4.92. The van der Waals surface area contributed by atoms with E-state index >= 15 is 0 Å². The second kappa shape index (κ2) is 6.82. The van der Waals surface area contributed by atoms with Crippen LogP contribution in [0.4, 0.5) is 0 Å². The largest absolute Gasteiger partial charge is 0.489 e. The summed E-state index contributed by atoms with van der Waals surface area (Å²) < 4.78 is 6.82. The highest BCUT2D eigenvalue weighted by Gasteiger charge is 2.07. The SMILES string of the molecule is C=C(CC)COc1ccc(Br)cc1CC(C)N. The Kier molecular flexibility index (Phi) is 5.72. The van der Waals surface area contributed by atoms with E-state index in [1.807, 2.05) is 19.1 Å². The van der Waals surface area contributed by atoms with E-state index in [0.717, 1.165) is 34.2 Å². The van der Waals surface area contributed by atoms with Gasteiger partial charge in [0.2, 0.25) is 0 Å². The van der Waals surface area contributed by atoms with Crippen LogP contribution in [0.25, 0.3) is 0 Å². The summed E-state index contributed by atoms with van der Waals surface area (Å²) in [6.45, 7) is 8.59. The van der Waals surface area contributed by atoms with Crippen LogP contribution in [0.2, 0.25) is 0 Å². The molecule has 17 heavy (non-hydrogen) atoms. The summed E-state index contributed by atoms with van der Waals surface area (Å²) >= 11 is 3.47. The van der Waals surface area contributed by atoms with Gasteiger partial charge in [-0.1, -0.05) is 29.4 Å². The van der Waals surface area contributed by atoms with Gasteiger partial charge in [0, 0.05) is 10.5 Å². The molecule has 0 bridgehead atoms. The number of benzene rings is 1. The molecule has 0 aliphatic carbocycles. The lowest BCUT2D eigenvalue weighted by Crippen LogP contribution is -2.18. The Morgan fingerprint density at radius 2 is 2.24 bits per heavy atom. The van der Waals surface area contributed by atoms with E-state index in [0.29, 0.717) is 6.61 Å². The number of hydrogen-bond donors (Lipinski definition) is 1. The van der Waals surface area contributed by atoms with Crippen molar-refractivity contribution in [1.82, 2.24) is 0 Å². The van der Waals surface area contributed by atoms with Gasteiger partial charge in [0.15, 0.2) is 0 Å². The van der Waals surface area contributed by atoms with Crippen molar-refractivity contribution in [1.29, 1.82) is 0 Å². The zero-order valence-corrected chi connectivity index (χ0v) is 12.1. The maximum absolute atomic E-state index is 5.84. The molecule has 0 aromatic heterocycles. The second-order valence-corrected chi connectivity index (χ2v) is 5.24. The van der Waals surface area contributed by atoms with Crippen molar-refractivity contribution in [3.63, 3.8) is 0 Å². The first-order valence-corrected chi connectivity index (χ1v) is 6.65. The van der Waals surface area contributed by atoms with Crippen molar-refractivity contribution in [2.75, 3.05) is 6.61 Å². The number of nitrogens with two attached hydrogens (primary N) is 1. The summed E-state index contributed by atoms with van der Waals surface area (Å²) in [4.78, 5) is 0. The van der Waals surface area contributed by atoms with Gasteiger partial charge in [0.1, 0.15) is 12.4 Å². The van der Waals surface area contributed by atoms with E-state index in [1.165, 1.54) is 0 Å². The van der Waals surface area contributed by atoms with E-state index in [-0.39, 0.29) is 6.04 Å². The molecule has 0 aliphatic heterocycles. The third-order valence-corrected chi connectivity index (χ3v) is 2.99.